The van der Waals surface area contributed by atoms with Gasteiger partial charge in [0.1, 0.15) is 17.2 Å². The summed E-state index contributed by atoms with van der Waals surface area (Å²) in [7, 11) is 1.42. The van der Waals surface area contributed by atoms with Crippen LogP contribution in [-0.2, 0) is 12.8 Å². The first-order valence-corrected chi connectivity index (χ1v) is 8.88. The Labute approximate surface area is 156 Å². The zero-order chi connectivity index (χ0) is 19.5. The van der Waals surface area contributed by atoms with E-state index in [1.165, 1.54) is 13.2 Å². The minimum absolute atomic E-state index is 0.112. The summed E-state index contributed by atoms with van der Waals surface area (Å²) in [5.41, 5.74) is 2.15. The number of aromatic hydroxyl groups is 2. The molecule has 0 heterocycles. The number of hydrogen-bond donors (Lipinski definition) is 2. The lowest BCUT2D eigenvalue weighted by Gasteiger charge is -2.30. The van der Waals surface area contributed by atoms with E-state index in [4.69, 9.17) is 4.74 Å². The van der Waals surface area contributed by atoms with Gasteiger partial charge in [-0.1, -0.05) is 24.3 Å². The van der Waals surface area contributed by atoms with Crippen molar-refractivity contribution in [3.05, 3.63) is 63.7 Å². The average molecular weight is 364 g/mol. The number of ketones is 2. The fraction of sp³-hybridized carbons (Fsp3) is 0.273. The monoisotopic (exact) mass is 364 g/mol. The predicted molar refractivity (Wildman–Crippen MR) is 100.0 cm³/mol. The Morgan fingerprint density at radius 3 is 2.41 bits per heavy atom. The molecule has 2 aliphatic carbocycles. The van der Waals surface area contributed by atoms with Crippen molar-refractivity contribution in [2.75, 3.05) is 7.11 Å². The lowest BCUT2D eigenvalue weighted by Crippen LogP contribution is -2.25. The van der Waals surface area contributed by atoms with Gasteiger partial charge in [0.05, 0.1) is 23.8 Å². The largest absolute Gasteiger partial charge is 0.507 e. The minimum atomic E-state index is -0.505. The van der Waals surface area contributed by atoms with Crippen LogP contribution in [0.3, 0.4) is 0 Å². The highest BCUT2D eigenvalue weighted by molar-refractivity contribution is 6.31. The average Bonchev–Trinajstić information content (AvgIpc) is 2.67. The van der Waals surface area contributed by atoms with E-state index < -0.39 is 11.6 Å². The Morgan fingerprint density at radius 2 is 1.74 bits per heavy atom. The van der Waals surface area contributed by atoms with E-state index in [9.17, 15) is 19.8 Å². The first kappa shape index (κ1) is 17.3. The van der Waals surface area contributed by atoms with Crippen LogP contribution in [0.2, 0.25) is 0 Å². The molecular formula is C22H20O5. The molecule has 5 nitrogen and oxygen atoms in total. The van der Waals surface area contributed by atoms with E-state index in [0.717, 1.165) is 12.0 Å². The molecule has 5 heteroatoms. The third-order valence-electron chi connectivity index (χ3n) is 5.72. The van der Waals surface area contributed by atoms with Crippen molar-refractivity contribution in [3.63, 3.8) is 0 Å². The second-order valence-corrected chi connectivity index (χ2v) is 7.23. The van der Waals surface area contributed by atoms with Gasteiger partial charge in [-0.2, -0.15) is 0 Å². The molecule has 4 rings (SSSR count). The predicted octanol–water partition coefficient (Wildman–Crippen LogP) is 3.56. The molecule has 0 bridgehead atoms. The molecule has 2 aliphatic rings. The fourth-order valence-corrected chi connectivity index (χ4v) is 4.23. The molecule has 2 N–H and O–H groups in total. The highest BCUT2D eigenvalue weighted by Gasteiger charge is 2.40. The smallest absolute Gasteiger partial charge is 0.202 e. The topological polar surface area (TPSA) is 83.8 Å². The molecule has 0 amide bonds. The van der Waals surface area contributed by atoms with Gasteiger partial charge in [0.15, 0.2) is 5.78 Å². The maximum absolute atomic E-state index is 13.1. The van der Waals surface area contributed by atoms with E-state index in [1.54, 1.807) is 12.1 Å². The number of ether oxygens (including phenoxy) is 1. The second-order valence-electron chi connectivity index (χ2n) is 7.23. The normalized spacial score (nSPS) is 17.8. The van der Waals surface area contributed by atoms with Crippen LogP contribution in [0.1, 0.15) is 56.3 Å². The number of methoxy groups -OCH3 is 1. The number of allylic oxidation sites excluding steroid dienone is 1. The standard InChI is InChI=1S/C22H20O5/c1-10(2)11-7-8-12-14(9-11)21(25)17-18(19(12)23)22(26)16-13(20(17)24)5-4-6-15(16)27-3/h4-6,11,23,25H,1,7-9H2,2-3H3. The summed E-state index contributed by atoms with van der Waals surface area (Å²) < 4.78 is 5.24. The van der Waals surface area contributed by atoms with Crippen LogP contribution < -0.4 is 4.74 Å². The van der Waals surface area contributed by atoms with Crippen LogP contribution in [0.25, 0.3) is 0 Å². The van der Waals surface area contributed by atoms with Crippen LogP contribution in [-0.4, -0.2) is 28.9 Å². The molecule has 1 unspecified atom stereocenters. The molecule has 2 aromatic carbocycles. The Bertz CT molecular complexity index is 1030. The number of fused-ring (bicyclic) bond motifs is 3. The molecule has 1 atom stereocenters. The van der Waals surface area contributed by atoms with Gasteiger partial charge in [-0.3, -0.25) is 9.59 Å². The van der Waals surface area contributed by atoms with Crippen molar-refractivity contribution in [1.29, 1.82) is 0 Å². The Hall–Kier alpha value is -3.08. The lowest BCUT2D eigenvalue weighted by molar-refractivity contribution is 0.0971. The maximum Gasteiger partial charge on any atom is 0.202 e. The summed E-state index contributed by atoms with van der Waals surface area (Å²) in [4.78, 5) is 26.2. The number of rotatable bonds is 2. The van der Waals surface area contributed by atoms with Gasteiger partial charge in [-0.25, -0.2) is 0 Å². The summed E-state index contributed by atoms with van der Waals surface area (Å²) in [6.45, 7) is 5.92. The van der Waals surface area contributed by atoms with Gasteiger partial charge in [0.2, 0.25) is 5.78 Å². The third-order valence-corrected chi connectivity index (χ3v) is 5.72. The van der Waals surface area contributed by atoms with Gasteiger partial charge in [0.25, 0.3) is 0 Å². The number of phenolic OH excluding ortho intramolecular Hbond substituents is 2. The number of carbonyl (C=O) groups excluding carboxylic acids is 2. The highest BCUT2D eigenvalue weighted by atomic mass is 16.5. The van der Waals surface area contributed by atoms with Crippen LogP contribution in [0.15, 0.2) is 30.4 Å². The lowest BCUT2D eigenvalue weighted by atomic mass is 9.74. The van der Waals surface area contributed by atoms with Crippen molar-refractivity contribution < 1.29 is 24.5 Å². The van der Waals surface area contributed by atoms with E-state index >= 15 is 0 Å². The molecule has 27 heavy (non-hydrogen) atoms. The van der Waals surface area contributed by atoms with Crippen molar-refractivity contribution in [1.82, 2.24) is 0 Å². The molecule has 138 valence electrons. The van der Waals surface area contributed by atoms with Gasteiger partial charge in [-0.05, 0) is 38.2 Å². The molecule has 2 aromatic rings. The van der Waals surface area contributed by atoms with Crippen LogP contribution in [0, 0.1) is 5.92 Å². The summed E-state index contributed by atoms with van der Waals surface area (Å²) in [6.07, 6.45) is 1.78. The van der Waals surface area contributed by atoms with Gasteiger partial charge in [-0.15, -0.1) is 0 Å². The van der Waals surface area contributed by atoms with Gasteiger partial charge in [0, 0.05) is 16.7 Å². The molecule has 0 fully saturated rings. The van der Waals surface area contributed by atoms with Gasteiger partial charge < -0.3 is 14.9 Å². The Kier molecular flexibility index (Phi) is 3.84. The van der Waals surface area contributed by atoms with Crippen molar-refractivity contribution in [2.24, 2.45) is 5.92 Å². The number of phenols is 2. The molecule has 0 saturated heterocycles. The Morgan fingerprint density at radius 1 is 1.07 bits per heavy atom. The van der Waals surface area contributed by atoms with E-state index in [2.05, 4.69) is 6.58 Å². The molecule has 0 spiro atoms. The van der Waals surface area contributed by atoms with Crippen molar-refractivity contribution in [2.45, 2.75) is 26.2 Å². The van der Waals surface area contributed by atoms with Gasteiger partial charge >= 0.3 is 0 Å². The summed E-state index contributed by atoms with van der Waals surface area (Å²) in [6, 6.07) is 4.76. The van der Waals surface area contributed by atoms with Crippen molar-refractivity contribution in [3.8, 4) is 17.2 Å². The fourth-order valence-electron chi connectivity index (χ4n) is 4.23. The summed E-state index contributed by atoms with van der Waals surface area (Å²) in [5.74, 6) is -0.942. The first-order valence-electron chi connectivity index (χ1n) is 8.88. The summed E-state index contributed by atoms with van der Waals surface area (Å²) >= 11 is 0. The van der Waals surface area contributed by atoms with Crippen LogP contribution in [0.4, 0.5) is 0 Å². The zero-order valence-corrected chi connectivity index (χ0v) is 15.3. The first-order chi connectivity index (χ1) is 12.9. The SMILES string of the molecule is C=C(C)C1CCc2c(O)c3c(c(O)c2C1)C(=O)c1cccc(OC)c1C3=O. The molecule has 0 saturated carbocycles. The van der Waals surface area contributed by atoms with Crippen LogP contribution in [0.5, 0.6) is 17.2 Å². The molecule has 0 aromatic heterocycles. The van der Waals surface area contributed by atoms with E-state index in [-0.39, 0.29) is 45.4 Å². The molecular weight excluding hydrogens is 344 g/mol. The number of hydrogen-bond acceptors (Lipinski definition) is 5. The number of benzene rings is 2. The molecule has 0 aliphatic heterocycles. The third kappa shape index (κ3) is 2.31. The van der Waals surface area contributed by atoms with E-state index in [1.807, 2.05) is 6.92 Å². The zero-order valence-electron chi connectivity index (χ0n) is 15.3. The highest BCUT2D eigenvalue weighted by Crippen LogP contribution is 2.47. The van der Waals surface area contributed by atoms with E-state index in [0.29, 0.717) is 24.0 Å². The van der Waals surface area contributed by atoms with Crippen LogP contribution >= 0.6 is 0 Å². The number of carbonyl (C=O) groups is 2. The maximum atomic E-state index is 13.1. The second kappa shape index (κ2) is 5.98. The summed E-state index contributed by atoms with van der Waals surface area (Å²) in [5, 5.41) is 21.8. The minimum Gasteiger partial charge on any atom is -0.507 e. The van der Waals surface area contributed by atoms with Crippen molar-refractivity contribution >= 4 is 11.6 Å². The Balaban J connectivity index is 1.99. The molecule has 0 radical (unpaired) electrons. The quantitative estimate of drug-likeness (QED) is 0.537.